The molecule has 0 saturated heterocycles. The third-order valence-electron chi connectivity index (χ3n) is 3.92. The SMILES string of the molecule is Cc1cnc(NC(=O)CC2CC(F)(F)C2)nc1-c1ccccc1. The number of aromatic nitrogens is 2. The summed E-state index contributed by atoms with van der Waals surface area (Å²) < 4.78 is 25.6. The maximum atomic E-state index is 12.8. The Labute approximate surface area is 133 Å². The molecule has 1 aromatic carbocycles. The van der Waals surface area contributed by atoms with Crippen molar-refractivity contribution >= 4 is 11.9 Å². The van der Waals surface area contributed by atoms with Crippen molar-refractivity contribution < 1.29 is 13.6 Å². The number of hydrogen-bond acceptors (Lipinski definition) is 3. The normalized spacial score (nSPS) is 16.7. The van der Waals surface area contributed by atoms with Gasteiger partial charge >= 0.3 is 0 Å². The van der Waals surface area contributed by atoms with Crippen LogP contribution in [-0.2, 0) is 4.79 Å². The van der Waals surface area contributed by atoms with Crippen LogP contribution in [0, 0.1) is 12.8 Å². The summed E-state index contributed by atoms with van der Waals surface area (Å²) in [5.41, 5.74) is 2.57. The summed E-state index contributed by atoms with van der Waals surface area (Å²) in [6.45, 7) is 1.89. The van der Waals surface area contributed by atoms with E-state index in [1.165, 1.54) is 0 Å². The highest BCUT2D eigenvalue weighted by Gasteiger charge is 2.45. The van der Waals surface area contributed by atoms with Crippen LogP contribution in [0.3, 0.4) is 0 Å². The van der Waals surface area contributed by atoms with Crippen molar-refractivity contribution in [3.63, 3.8) is 0 Å². The number of amides is 1. The third kappa shape index (κ3) is 3.70. The van der Waals surface area contributed by atoms with E-state index >= 15 is 0 Å². The second-order valence-electron chi connectivity index (χ2n) is 5.97. The molecule has 23 heavy (non-hydrogen) atoms. The van der Waals surface area contributed by atoms with Crippen LogP contribution in [0.2, 0.25) is 0 Å². The van der Waals surface area contributed by atoms with Crippen LogP contribution in [0.25, 0.3) is 11.3 Å². The minimum atomic E-state index is -2.61. The Morgan fingerprint density at radius 2 is 2.00 bits per heavy atom. The lowest BCUT2D eigenvalue weighted by Crippen LogP contribution is -2.37. The van der Waals surface area contributed by atoms with Crippen molar-refractivity contribution in [3.05, 3.63) is 42.1 Å². The van der Waals surface area contributed by atoms with Crippen LogP contribution in [-0.4, -0.2) is 21.8 Å². The summed E-state index contributed by atoms with van der Waals surface area (Å²) in [6.07, 6.45) is 1.28. The lowest BCUT2D eigenvalue weighted by atomic mass is 9.79. The van der Waals surface area contributed by atoms with Gasteiger partial charge in [0.15, 0.2) is 0 Å². The quantitative estimate of drug-likeness (QED) is 0.932. The largest absolute Gasteiger partial charge is 0.295 e. The molecule has 2 aromatic rings. The topological polar surface area (TPSA) is 54.9 Å². The maximum absolute atomic E-state index is 12.8. The highest BCUT2D eigenvalue weighted by Crippen LogP contribution is 2.44. The van der Waals surface area contributed by atoms with Gasteiger partial charge in [-0.25, -0.2) is 18.7 Å². The van der Waals surface area contributed by atoms with Crippen molar-refractivity contribution in [1.82, 2.24) is 9.97 Å². The summed E-state index contributed by atoms with van der Waals surface area (Å²) in [4.78, 5) is 20.4. The fraction of sp³-hybridized carbons (Fsp3) is 0.353. The Morgan fingerprint density at radius 1 is 1.30 bits per heavy atom. The number of carbonyl (C=O) groups excluding carboxylic acids is 1. The summed E-state index contributed by atoms with van der Waals surface area (Å²) >= 11 is 0. The van der Waals surface area contributed by atoms with Gasteiger partial charge < -0.3 is 0 Å². The molecule has 1 aliphatic carbocycles. The number of alkyl halides is 2. The van der Waals surface area contributed by atoms with E-state index in [0.717, 1.165) is 16.8 Å². The molecule has 4 nitrogen and oxygen atoms in total. The Kier molecular flexibility index (Phi) is 4.07. The second kappa shape index (κ2) is 6.02. The number of aryl methyl sites for hydroxylation is 1. The molecule has 3 rings (SSSR count). The van der Waals surface area contributed by atoms with Gasteiger partial charge in [0.1, 0.15) is 0 Å². The first kappa shape index (κ1) is 15.5. The number of carbonyl (C=O) groups is 1. The fourth-order valence-corrected chi connectivity index (χ4v) is 2.76. The van der Waals surface area contributed by atoms with E-state index in [4.69, 9.17) is 0 Å². The van der Waals surface area contributed by atoms with Crippen molar-refractivity contribution in [2.45, 2.75) is 32.1 Å². The standard InChI is InChI=1S/C17H17F2N3O/c1-11-10-20-16(22-15(11)13-5-3-2-4-6-13)21-14(23)7-12-8-17(18,19)9-12/h2-6,10,12H,7-9H2,1H3,(H,20,21,22,23). The van der Waals surface area contributed by atoms with E-state index < -0.39 is 5.92 Å². The molecule has 1 heterocycles. The zero-order valence-electron chi connectivity index (χ0n) is 12.7. The molecule has 0 bridgehead atoms. The molecule has 0 spiro atoms. The summed E-state index contributed by atoms with van der Waals surface area (Å²) in [6, 6.07) is 9.59. The molecule has 1 fully saturated rings. The smallest absolute Gasteiger partial charge is 0.248 e. The lowest BCUT2D eigenvalue weighted by molar-refractivity contribution is -0.129. The van der Waals surface area contributed by atoms with Gasteiger partial charge in [0.2, 0.25) is 17.8 Å². The molecule has 1 saturated carbocycles. The predicted octanol–water partition coefficient (Wildman–Crippen LogP) is 3.83. The Morgan fingerprint density at radius 3 is 2.65 bits per heavy atom. The third-order valence-corrected chi connectivity index (χ3v) is 3.92. The van der Waals surface area contributed by atoms with Gasteiger partial charge in [0, 0.05) is 31.0 Å². The Balaban J connectivity index is 1.68. The zero-order valence-corrected chi connectivity index (χ0v) is 12.7. The number of hydrogen-bond donors (Lipinski definition) is 1. The number of nitrogens with one attached hydrogen (secondary N) is 1. The molecule has 0 unspecified atom stereocenters. The molecular formula is C17H17F2N3O. The molecule has 0 radical (unpaired) electrons. The maximum Gasteiger partial charge on any atom is 0.248 e. The number of rotatable bonds is 4. The lowest BCUT2D eigenvalue weighted by Gasteiger charge is -2.34. The highest BCUT2D eigenvalue weighted by molar-refractivity contribution is 5.89. The van der Waals surface area contributed by atoms with Gasteiger partial charge in [-0.05, 0) is 18.4 Å². The van der Waals surface area contributed by atoms with E-state index in [1.807, 2.05) is 37.3 Å². The average Bonchev–Trinajstić information content (AvgIpc) is 2.48. The van der Waals surface area contributed by atoms with Crippen molar-refractivity contribution in [1.29, 1.82) is 0 Å². The van der Waals surface area contributed by atoms with Crippen LogP contribution in [0.4, 0.5) is 14.7 Å². The molecule has 1 amide bonds. The van der Waals surface area contributed by atoms with Gasteiger partial charge in [-0.1, -0.05) is 30.3 Å². The van der Waals surface area contributed by atoms with E-state index in [9.17, 15) is 13.6 Å². The molecule has 120 valence electrons. The predicted molar refractivity (Wildman–Crippen MR) is 83.1 cm³/mol. The minimum Gasteiger partial charge on any atom is -0.295 e. The zero-order chi connectivity index (χ0) is 16.4. The Hall–Kier alpha value is -2.37. The van der Waals surface area contributed by atoms with Crippen molar-refractivity contribution in [2.24, 2.45) is 5.92 Å². The number of halogens is 2. The second-order valence-corrected chi connectivity index (χ2v) is 5.97. The van der Waals surface area contributed by atoms with E-state index in [1.54, 1.807) is 6.20 Å². The molecular weight excluding hydrogens is 300 g/mol. The molecule has 0 aliphatic heterocycles. The first-order valence-corrected chi connectivity index (χ1v) is 7.50. The van der Waals surface area contributed by atoms with Gasteiger partial charge in [-0.15, -0.1) is 0 Å². The average molecular weight is 317 g/mol. The van der Waals surface area contributed by atoms with Gasteiger partial charge in [0.25, 0.3) is 0 Å². The van der Waals surface area contributed by atoms with E-state index in [-0.39, 0.29) is 37.0 Å². The fourth-order valence-electron chi connectivity index (χ4n) is 2.76. The Bertz CT molecular complexity index is 711. The number of benzene rings is 1. The van der Waals surface area contributed by atoms with E-state index in [2.05, 4.69) is 15.3 Å². The molecule has 1 aliphatic rings. The van der Waals surface area contributed by atoms with E-state index in [0.29, 0.717) is 0 Å². The highest BCUT2D eigenvalue weighted by atomic mass is 19.3. The summed E-state index contributed by atoms with van der Waals surface area (Å²) in [7, 11) is 0. The summed E-state index contributed by atoms with van der Waals surface area (Å²) in [5.74, 6) is -2.99. The number of anilines is 1. The molecule has 6 heteroatoms. The van der Waals surface area contributed by atoms with Crippen molar-refractivity contribution in [3.8, 4) is 11.3 Å². The van der Waals surface area contributed by atoms with Crippen LogP contribution >= 0.6 is 0 Å². The van der Waals surface area contributed by atoms with Crippen molar-refractivity contribution in [2.75, 3.05) is 5.32 Å². The van der Waals surface area contributed by atoms with Crippen LogP contribution < -0.4 is 5.32 Å². The molecule has 1 aromatic heterocycles. The van der Waals surface area contributed by atoms with Crippen LogP contribution in [0.1, 0.15) is 24.8 Å². The minimum absolute atomic E-state index is 0.0769. The van der Waals surface area contributed by atoms with Gasteiger partial charge in [0.05, 0.1) is 5.69 Å². The van der Waals surface area contributed by atoms with Gasteiger partial charge in [-0.3, -0.25) is 10.1 Å². The number of nitrogens with zero attached hydrogens (tertiary/aromatic N) is 2. The van der Waals surface area contributed by atoms with Crippen LogP contribution in [0.15, 0.2) is 36.5 Å². The first-order valence-electron chi connectivity index (χ1n) is 7.50. The first-order chi connectivity index (χ1) is 10.9. The van der Waals surface area contributed by atoms with Crippen LogP contribution in [0.5, 0.6) is 0 Å². The summed E-state index contributed by atoms with van der Waals surface area (Å²) in [5, 5.41) is 2.60. The monoisotopic (exact) mass is 317 g/mol. The molecule has 1 N–H and O–H groups in total. The van der Waals surface area contributed by atoms with Gasteiger partial charge in [-0.2, -0.15) is 0 Å². The molecule has 0 atom stereocenters.